The molecule has 1 aliphatic heterocycles. The lowest BCUT2D eigenvalue weighted by Gasteiger charge is -2.10. The fraction of sp³-hybridized carbons (Fsp3) is 0.250. The predicted molar refractivity (Wildman–Crippen MR) is 95.4 cm³/mol. The number of amides is 1. The molecular formula is C20H19F2NO3. The Kier molecular flexibility index (Phi) is 5.21. The third-order valence-electron chi connectivity index (χ3n) is 3.93. The Morgan fingerprint density at radius 3 is 2.92 bits per heavy atom. The molecule has 0 fully saturated rings. The van der Waals surface area contributed by atoms with Crippen molar-refractivity contribution in [3.8, 4) is 11.5 Å². The summed E-state index contributed by atoms with van der Waals surface area (Å²) in [6.45, 7) is 4.34. The summed E-state index contributed by atoms with van der Waals surface area (Å²) in [5, 5.41) is 2.32. The topological polar surface area (TPSA) is 47.6 Å². The maximum Gasteiger partial charge on any atom is 0.248 e. The lowest BCUT2D eigenvalue weighted by Crippen LogP contribution is -2.09. The largest absolute Gasteiger partial charge is 0.493 e. The van der Waals surface area contributed by atoms with E-state index in [1.807, 2.05) is 26.0 Å². The van der Waals surface area contributed by atoms with Crippen molar-refractivity contribution in [1.82, 2.24) is 0 Å². The molecule has 4 nitrogen and oxygen atoms in total. The predicted octanol–water partition coefficient (Wildman–Crippen LogP) is 4.34. The summed E-state index contributed by atoms with van der Waals surface area (Å²) < 4.78 is 38.1. The van der Waals surface area contributed by atoms with E-state index in [2.05, 4.69) is 5.32 Å². The van der Waals surface area contributed by atoms with E-state index in [1.165, 1.54) is 6.08 Å². The molecule has 0 spiro atoms. The molecule has 0 unspecified atom stereocenters. The van der Waals surface area contributed by atoms with Crippen LogP contribution in [0.3, 0.4) is 0 Å². The number of fused-ring (bicyclic) bond motifs is 1. The lowest BCUT2D eigenvalue weighted by atomic mass is 10.1. The number of carbonyl (C=O) groups is 1. The lowest BCUT2D eigenvalue weighted by molar-refractivity contribution is -0.111. The van der Waals surface area contributed by atoms with Gasteiger partial charge in [-0.2, -0.15) is 0 Å². The summed E-state index contributed by atoms with van der Waals surface area (Å²) in [5.74, 6) is -0.508. The van der Waals surface area contributed by atoms with Gasteiger partial charge in [0.2, 0.25) is 5.91 Å². The van der Waals surface area contributed by atoms with E-state index in [-0.39, 0.29) is 11.8 Å². The summed E-state index contributed by atoms with van der Waals surface area (Å²) in [5.41, 5.74) is 1.52. The van der Waals surface area contributed by atoms with Gasteiger partial charge in [-0.25, -0.2) is 8.78 Å². The third kappa shape index (κ3) is 4.02. The molecule has 6 heteroatoms. The summed E-state index contributed by atoms with van der Waals surface area (Å²) in [6.07, 6.45) is 3.70. The van der Waals surface area contributed by atoms with Gasteiger partial charge in [0.1, 0.15) is 29.2 Å². The second kappa shape index (κ2) is 7.56. The van der Waals surface area contributed by atoms with Crippen LogP contribution in [-0.2, 0) is 11.2 Å². The smallest absolute Gasteiger partial charge is 0.248 e. The minimum atomic E-state index is -0.705. The number of nitrogens with one attached hydrogen (secondary N) is 1. The Morgan fingerprint density at radius 2 is 2.15 bits per heavy atom. The van der Waals surface area contributed by atoms with Crippen molar-refractivity contribution in [1.29, 1.82) is 0 Å². The average molecular weight is 359 g/mol. The van der Waals surface area contributed by atoms with Crippen molar-refractivity contribution >= 4 is 17.7 Å². The van der Waals surface area contributed by atoms with E-state index in [0.717, 1.165) is 35.9 Å². The molecule has 1 atom stereocenters. The molecule has 1 heterocycles. The van der Waals surface area contributed by atoms with Crippen LogP contribution < -0.4 is 14.8 Å². The summed E-state index contributed by atoms with van der Waals surface area (Å²) in [4.78, 5) is 12.0. The summed E-state index contributed by atoms with van der Waals surface area (Å²) in [6, 6.07) is 6.60. The second-order valence-corrected chi connectivity index (χ2v) is 6.01. The average Bonchev–Trinajstić information content (AvgIpc) is 2.95. The first-order chi connectivity index (χ1) is 12.5. The first-order valence-corrected chi connectivity index (χ1v) is 8.36. The minimum absolute atomic E-state index is 0.0953. The minimum Gasteiger partial charge on any atom is -0.493 e. The van der Waals surface area contributed by atoms with Crippen molar-refractivity contribution < 1.29 is 23.0 Å². The van der Waals surface area contributed by atoms with E-state index >= 15 is 0 Å². The number of carbonyl (C=O) groups excluding carboxylic acids is 1. The van der Waals surface area contributed by atoms with Crippen molar-refractivity contribution in [2.24, 2.45) is 0 Å². The van der Waals surface area contributed by atoms with Crippen LogP contribution >= 0.6 is 0 Å². The van der Waals surface area contributed by atoms with Crippen LogP contribution in [0.2, 0.25) is 0 Å². The maximum absolute atomic E-state index is 13.6. The Bertz CT molecular complexity index is 864. The van der Waals surface area contributed by atoms with Gasteiger partial charge in [-0.1, -0.05) is 0 Å². The van der Waals surface area contributed by atoms with Crippen LogP contribution in [0, 0.1) is 11.6 Å². The highest BCUT2D eigenvalue weighted by Gasteiger charge is 2.21. The van der Waals surface area contributed by atoms with Crippen LogP contribution in [0.15, 0.2) is 36.4 Å². The van der Waals surface area contributed by atoms with Crippen LogP contribution in [0.4, 0.5) is 14.5 Å². The highest BCUT2D eigenvalue weighted by Crippen LogP contribution is 2.35. The zero-order valence-corrected chi connectivity index (χ0v) is 14.5. The molecule has 0 aliphatic carbocycles. The number of halogens is 2. The van der Waals surface area contributed by atoms with E-state index < -0.39 is 17.5 Å². The van der Waals surface area contributed by atoms with Crippen LogP contribution in [0.25, 0.3) is 6.08 Å². The van der Waals surface area contributed by atoms with Gasteiger partial charge in [0.15, 0.2) is 0 Å². The van der Waals surface area contributed by atoms with E-state index in [4.69, 9.17) is 9.47 Å². The fourth-order valence-corrected chi connectivity index (χ4v) is 2.80. The molecule has 3 rings (SSSR count). The Morgan fingerprint density at radius 1 is 1.35 bits per heavy atom. The van der Waals surface area contributed by atoms with Crippen LogP contribution in [0.1, 0.15) is 25.0 Å². The highest BCUT2D eigenvalue weighted by atomic mass is 19.1. The molecule has 0 saturated heterocycles. The van der Waals surface area contributed by atoms with E-state index in [1.54, 1.807) is 6.08 Å². The maximum atomic E-state index is 13.6. The molecule has 0 radical (unpaired) electrons. The summed E-state index contributed by atoms with van der Waals surface area (Å²) in [7, 11) is 0. The molecule has 1 aliphatic rings. The Balaban J connectivity index is 1.80. The van der Waals surface area contributed by atoms with Gasteiger partial charge < -0.3 is 14.8 Å². The molecule has 1 amide bonds. The second-order valence-electron chi connectivity index (χ2n) is 6.01. The third-order valence-corrected chi connectivity index (χ3v) is 3.93. The highest BCUT2D eigenvalue weighted by molar-refractivity contribution is 6.02. The number of benzene rings is 2. The molecule has 2 aromatic rings. The number of rotatable bonds is 5. The normalized spacial score (nSPS) is 15.6. The Labute approximate surface area is 150 Å². The molecule has 1 N–H and O–H groups in total. The number of hydrogen-bond acceptors (Lipinski definition) is 3. The molecule has 26 heavy (non-hydrogen) atoms. The quantitative estimate of drug-likeness (QED) is 0.808. The van der Waals surface area contributed by atoms with Crippen LogP contribution in [0.5, 0.6) is 11.5 Å². The first kappa shape index (κ1) is 17.9. The SMILES string of the molecule is CCOc1cc2c(cc1/C=C/C(=O)Nc1cc(F)ccc1F)O[C@@H](C)C2. The number of ether oxygens (including phenoxy) is 2. The van der Waals surface area contributed by atoms with Crippen molar-refractivity contribution in [3.05, 3.63) is 59.2 Å². The monoisotopic (exact) mass is 359 g/mol. The zero-order chi connectivity index (χ0) is 18.7. The van der Waals surface area contributed by atoms with Gasteiger partial charge >= 0.3 is 0 Å². The molecule has 0 bridgehead atoms. The molecule has 136 valence electrons. The van der Waals surface area contributed by atoms with Crippen molar-refractivity contribution in [3.63, 3.8) is 0 Å². The molecule has 0 saturated carbocycles. The van der Waals surface area contributed by atoms with Gasteiger partial charge in [0.05, 0.1) is 12.3 Å². The van der Waals surface area contributed by atoms with Crippen molar-refractivity contribution in [2.75, 3.05) is 11.9 Å². The molecular weight excluding hydrogens is 340 g/mol. The van der Waals surface area contributed by atoms with Crippen molar-refractivity contribution in [2.45, 2.75) is 26.4 Å². The fourth-order valence-electron chi connectivity index (χ4n) is 2.80. The van der Waals surface area contributed by atoms with E-state index in [0.29, 0.717) is 17.9 Å². The number of hydrogen-bond donors (Lipinski definition) is 1. The molecule has 2 aromatic carbocycles. The van der Waals surface area contributed by atoms with Gasteiger partial charge in [-0.3, -0.25) is 4.79 Å². The van der Waals surface area contributed by atoms with Gasteiger partial charge in [-0.05, 0) is 44.2 Å². The standard InChI is InChI=1S/C20H19F2NO3/c1-3-25-18-10-14-8-12(2)26-19(14)9-13(18)4-7-20(24)23-17-11-15(21)5-6-16(17)22/h4-7,9-12H,3,8H2,1-2H3,(H,23,24)/b7-4+/t12-/m0/s1. The first-order valence-electron chi connectivity index (χ1n) is 8.36. The van der Waals surface area contributed by atoms with E-state index in [9.17, 15) is 13.6 Å². The van der Waals surface area contributed by atoms with Crippen LogP contribution in [-0.4, -0.2) is 18.6 Å². The zero-order valence-electron chi connectivity index (χ0n) is 14.5. The Hall–Kier alpha value is -2.89. The van der Waals surface area contributed by atoms with Gasteiger partial charge in [-0.15, -0.1) is 0 Å². The molecule has 0 aromatic heterocycles. The summed E-state index contributed by atoms with van der Waals surface area (Å²) >= 11 is 0. The van der Waals surface area contributed by atoms with Gasteiger partial charge in [0, 0.05) is 29.7 Å². The van der Waals surface area contributed by atoms with Gasteiger partial charge in [0.25, 0.3) is 0 Å². The number of anilines is 1.